The second-order valence-electron chi connectivity index (χ2n) is 5.72. The van der Waals surface area contributed by atoms with Crippen molar-refractivity contribution in [2.45, 2.75) is 38.7 Å². The fraction of sp³-hybridized carbons (Fsp3) is 0.667. The number of anilines is 1. The lowest BCUT2D eigenvalue weighted by Crippen LogP contribution is -2.40. The average Bonchev–Trinajstić information content (AvgIpc) is 2.98. The van der Waals surface area contributed by atoms with Gasteiger partial charge in [0.25, 0.3) is 5.56 Å². The summed E-state index contributed by atoms with van der Waals surface area (Å²) in [5.74, 6) is 0. The lowest BCUT2D eigenvalue weighted by Gasteiger charge is -2.31. The van der Waals surface area contributed by atoms with Crippen molar-refractivity contribution in [2.24, 2.45) is 0 Å². The Morgan fingerprint density at radius 2 is 2.39 bits per heavy atom. The van der Waals surface area contributed by atoms with Crippen LogP contribution in [0.1, 0.15) is 31.9 Å². The predicted octanol–water partition coefficient (Wildman–Crippen LogP) is 1.08. The summed E-state index contributed by atoms with van der Waals surface area (Å²) < 4.78 is 7.02. The van der Waals surface area contributed by atoms with E-state index in [2.05, 4.69) is 21.9 Å². The minimum absolute atomic E-state index is 0.0388. The number of aliphatic hydroxyl groups excluding tert-OH is 1. The molecule has 0 aliphatic carbocycles. The van der Waals surface area contributed by atoms with Gasteiger partial charge < -0.3 is 14.7 Å². The molecular formula is C15H22N4O3S. The smallest absolute Gasteiger partial charge is 0.275 e. The van der Waals surface area contributed by atoms with E-state index in [0.29, 0.717) is 11.6 Å². The lowest BCUT2D eigenvalue weighted by molar-refractivity contribution is 0.0214. The number of hydrogen-bond acceptors (Lipinski definition) is 7. The van der Waals surface area contributed by atoms with Gasteiger partial charge in [0.2, 0.25) is 10.1 Å². The van der Waals surface area contributed by atoms with Gasteiger partial charge in [-0.3, -0.25) is 4.79 Å². The van der Waals surface area contributed by atoms with Crippen molar-refractivity contribution >= 4 is 21.4 Å². The van der Waals surface area contributed by atoms with Crippen LogP contribution < -0.4 is 10.5 Å². The van der Waals surface area contributed by atoms with Gasteiger partial charge in [-0.05, 0) is 19.3 Å². The molecule has 126 valence electrons. The number of rotatable bonds is 6. The molecule has 1 aliphatic rings. The molecule has 1 atom stereocenters. The van der Waals surface area contributed by atoms with Crippen LogP contribution in [0.25, 0.3) is 4.96 Å². The molecule has 1 saturated heterocycles. The molecule has 7 nitrogen and oxygen atoms in total. The van der Waals surface area contributed by atoms with Crippen molar-refractivity contribution < 1.29 is 9.84 Å². The standard InChI is InChI=1S/C15H22N4O3S/c1-2-4-11-9-13(21)19-14(16-11)23-15(17-19)18-6-3-5-12(10-18)22-8-7-20/h9,12,20H,2-8,10H2,1H3. The maximum atomic E-state index is 12.2. The van der Waals surface area contributed by atoms with Gasteiger partial charge in [0.05, 0.1) is 19.3 Å². The van der Waals surface area contributed by atoms with Crippen LogP contribution in [0.2, 0.25) is 0 Å². The SMILES string of the molecule is CCCc1cc(=O)n2nc(N3CCCC(OCCO)C3)sc2n1. The summed E-state index contributed by atoms with van der Waals surface area (Å²) in [5.41, 5.74) is 0.710. The van der Waals surface area contributed by atoms with Crippen LogP contribution >= 0.6 is 11.3 Å². The van der Waals surface area contributed by atoms with Crippen LogP contribution in [0.15, 0.2) is 10.9 Å². The fourth-order valence-electron chi connectivity index (χ4n) is 2.83. The van der Waals surface area contributed by atoms with Gasteiger partial charge in [0, 0.05) is 24.8 Å². The van der Waals surface area contributed by atoms with E-state index >= 15 is 0 Å². The second kappa shape index (κ2) is 7.37. The molecule has 0 aromatic carbocycles. The van der Waals surface area contributed by atoms with Gasteiger partial charge in [-0.2, -0.15) is 4.52 Å². The Labute approximate surface area is 138 Å². The highest BCUT2D eigenvalue weighted by Crippen LogP contribution is 2.25. The summed E-state index contributed by atoms with van der Waals surface area (Å²) in [6.07, 6.45) is 3.86. The number of hydrogen-bond donors (Lipinski definition) is 1. The third kappa shape index (κ3) is 3.70. The molecule has 1 unspecified atom stereocenters. The number of aliphatic hydroxyl groups is 1. The predicted molar refractivity (Wildman–Crippen MR) is 89.4 cm³/mol. The second-order valence-corrected chi connectivity index (χ2v) is 6.65. The molecule has 3 rings (SSSR count). The Morgan fingerprint density at radius 1 is 1.52 bits per heavy atom. The molecule has 1 fully saturated rings. The first-order valence-corrected chi connectivity index (χ1v) is 8.90. The van der Waals surface area contributed by atoms with Crippen molar-refractivity contribution in [2.75, 3.05) is 31.2 Å². The Kier molecular flexibility index (Phi) is 5.24. The Bertz CT molecular complexity index is 714. The number of nitrogens with zero attached hydrogens (tertiary/aromatic N) is 4. The van der Waals surface area contributed by atoms with E-state index in [1.165, 1.54) is 15.9 Å². The van der Waals surface area contributed by atoms with E-state index < -0.39 is 0 Å². The van der Waals surface area contributed by atoms with Gasteiger partial charge in [0.15, 0.2) is 0 Å². The van der Waals surface area contributed by atoms with Gasteiger partial charge >= 0.3 is 0 Å². The average molecular weight is 338 g/mol. The summed E-state index contributed by atoms with van der Waals surface area (Å²) in [4.78, 5) is 19.5. The van der Waals surface area contributed by atoms with Gasteiger partial charge in [-0.15, -0.1) is 5.10 Å². The molecule has 2 aromatic heterocycles. The lowest BCUT2D eigenvalue weighted by atomic mass is 10.1. The molecule has 2 aromatic rings. The van der Waals surface area contributed by atoms with E-state index in [1.807, 2.05) is 0 Å². The highest BCUT2D eigenvalue weighted by molar-refractivity contribution is 7.20. The van der Waals surface area contributed by atoms with Crippen LogP contribution in [-0.4, -0.2) is 52.1 Å². The molecule has 8 heteroatoms. The third-order valence-corrected chi connectivity index (χ3v) is 4.86. The van der Waals surface area contributed by atoms with E-state index in [1.54, 1.807) is 6.07 Å². The zero-order chi connectivity index (χ0) is 16.2. The number of fused-ring (bicyclic) bond motifs is 1. The molecule has 0 spiro atoms. The van der Waals surface area contributed by atoms with Crippen LogP contribution in [-0.2, 0) is 11.2 Å². The molecular weight excluding hydrogens is 316 g/mol. The largest absolute Gasteiger partial charge is 0.394 e. The fourth-order valence-corrected chi connectivity index (χ4v) is 3.79. The molecule has 3 heterocycles. The monoisotopic (exact) mass is 338 g/mol. The van der Waals surface area contributed by atoms with Crippen LogP contribution in [0.3, 0.4) is 0 Å². The van der Waals surface area contributed by atoms with Crippen molar-refractivity contribution in [3.63, 3.8) is 0 Å². The van der Waals surface area contributed by atoms with E-state index in [9.17, 15) is 4.79 Å². The Balaban J connectivity index is 1.82. The Hall–Kier alpha value is -1.51. The first-order chi connectivity index (χ1) is 11.2. The Morgan fingerprint density at radius 3 is 3.17 bits per heavy atom. The van der Waals surface area contributed by atoms with E-state index in [0.717, 1.165) is 49.6 Å². The zero-order valence-corrected chi connectivity index (χ0v) is 14.1. The van der Waals surface area contributed by atoms with E-state index in [-0.39, 0.29) is 18.3 Å². The highest BCUT2D eigenvalue weighted by atomic mass is 32.1. The molecule has 0 saturated carbocycles. The summed E-state index contributed by atoms with van der Waals surface area (Å²) in [6.45, 7) is 4.10. The van der Waals surface area contributed by atoms with Crippen molar-refractivity contribution in [1.82, 2.24) is 14.6 Å². The van der Waals surface area contributed by atoms with Crippen LogP contribution in [0.4, 0.5) is 5.13 Å². The van der Waals surface area contributed by atoms with Gasteiger partial charge in [-0.25, -0.2) is 4.98 Å². The zero-order valence-electron chi connectivity index (χ0n) is 13.3. The molecule has 23 heavy (non-hydrogen) atoms. The van der Waals surface area contributed by atoms with Crippen molar-refractivity contribution in [3.05, 3.63) is 22.1 Å². The van der Waals surface area contributed by atoms with Gasteiger partial charge in [-0.1, -0.05) is 24.7 Å². The normalized spacial score (nSPS) is 18.7. The molecule has 0 radical (unpaired) electrons. The quantitative estimate of drug-likeness (QED) is 0.849. The number of aryl methyl sites for hydroxylation is 1. The molecule has 0 amide bonds. The number of ether oxygens (including phenoxy) is 1. The summed E-state index contributed by atoms with van der Waals surface area (Å²) in [7, 11) is 0. The molecule has 1 aliphatic heterocycles. The number of aromatic nitrogens is 3. The maximum absolute atomic E-state index is 12.2. The topological polar surface area (TPSA) is 80.0 Å². The number of piperidine rings is 1. The first-order valence-electron chi connectivity index (χ1n) is 8.08. The third-order valence-electron chi connectivity index (χ3n) is 3.89. The van der Waals surface area contributed by atoms with Crippen LogP contribution in [0, 0.1) is 0 Å². The van der Waals surface area contributed by atoms with Crippen molar-refractivity contribution in [1.29, 1.82) is 0 Å². The maximum Gasteiger partial charge on any atom is 0.275 e. The van der Waals surface area contributed by atoms with Gasteiger partial charge in [0.1, 0.15) is 0 Å². The highest BCUT2D eigenvalue weighted by Gasteiger charge is 2.23. The minimum atomic E-state index is -0.119. The summed E-state index contributed by atoms with van der Waals surface area (Å²) in [5, 5.41) is 14.1. The first kappa shape index (κ1) is 16.4. The van der Waals surface area contributed by atoms with Crippen molar-refractivity contribution in [3.8, 4) is 0 Å². The summed E-state index contributed by atoms with van der Waals surface area (Å²) >= 11 is 1.45. The summed E-state index contributed by atoms with van der Waals surface area (Å²) in [6, 6.07) is 1.57. The van der Waals surface area contributed by atoms with E-state index in [4.69, 9.17) is 9.84 Å². The van der Waals surface area contributed by atoms with Crippen LogP contribution in [0.5, 0.6) is 0 Å². The molecule has 0 bridgehead atoms. The minimum Gasteiger partial charge on any atom is -0.394 e. The molecule has 1 N–H and O–H groups in total.